The number of primary sulfonamides is 1. The summed E-state index contributed by atoms with van der Waals surface area (Å²) in [6, 6.07) is 9.00. The molecular formula is C19H20ClN3O7S2. The third-order valence-electron chi connectivity index (χ3n) is 4.65. The molecule has 3 rings (SSSR count). The van der Waals surface area contributed by atoms with Crippen LogP contribution in [0.1, 0.15) is 23.2 Å². The highest BCUT2D eigenvalue weighted by molar-refractivity contribution is 7.89. The molecule has 0 aliphatic carbocycles. The van der Waals surface area contributed by atoms with Crippen LogP contribution in [0.15, 0.2) is 52.3 Å². The van der Waals surface area contributed by atoms with Crippen LogP contribution in [0.3, 0.4) is 0 Å². The fraction of sp³-hybridized carbons (Fsp3) is 0.263. The van der Waals surface area contributed by atoms with E-state index in [2.05, 4.69) is 5.32 Å². The van der Waals surface area contributed by atoms with Gasteiger partial charge in [-0.25, -0.2) is 26.8 Å². The fourth-order valence-corrected chi connectivity index (χ4v) is 5.64. The van der Waals surface area contributed by atoms with Crippen LogP contribution in [-0.2, 0) is 29.6 Å². The summed E-state index contributed by atoms with van der Waals surface area (Å²) in [7, 11) is -7.71. The number of rotatable bonds is 7. The van der Waals surface area contributed by atoms with E-state index >= 15 is 0 Å². The molecule has 2 aromatic carbocycles. The summed E-state index contributed by atoms with van der Waals surface area (Å²) < 4.78 is 54.3. The van der Waals surface area contributed by atoms with Gasteiger partial charge in [-0.15, -0.1) is 0 Å². The lowest BCUT2D eigenvalue weighted by Gasteiger charge is -2.15. The summed E-state index contributed by atoms with van der Waals surface area (Å²) in [4.78, 5) is 23.9. The molecule has 172 valence electrons. The standard InChI is InChI=1S/C19H20ClN3O7S2/c20-16-8-3-13(11-17(16)31(21,26)27)19(25)30-12-18(24)22-14-4-6-15(7-5-14)32(28,29)23-9-1-2-10-23/h3-8,11H,1-2,9-10,12H2,(H,22,24)(H2,21,26,27). The van der Waals surface area contributed by atoms with Crippen LogP contribution in [0.5, 0.6) is 0 Å². The Morgan fingerprint density at radius 1 is 1.03 bits per heavy atom. The van der Waals surface area contributed by atoms with Crippen molar-refractivity contribution in [2.75, 3.05) is 25.0 Å². The summed E-state index contributed by atoms with van der Waals surface area (Å²) in [6.45, 7) is 0.316. The molecule has 1 amide bonds. The number of ether oxygens (including phenoxy) is 1. The van der Waals surface area contributed by atoms with Gasteiger partial charge in [-0.2, -0.15) is 4.31 Å². The lowest BCUT2D eigenvalue weighted by molar-refractivity contribution is -0.119. The smallest absolute Gasteiger partial charge is 0.338 e. The summed E-state index contributed by atoms with van der Waals surface area (Å²) >= 11 is 5.76. The number of nitrogens with one attached hydrogen (secondary N) is 1. The quantitative estimate of drug-likeness (QED) is 0.546. The first-order valence-corrected chi connectivity index (χ1v) is 12.7. The maximum Gasteiger partial charge on any atom is 0.338 e. The number of halogens is 1. The number of esters is 1. The molecule has 0 atom stereocenters. The summed E-state index contributed by atoms with van der Waals surface area (Å²) in [5.41, 5.74) is 0.164. The molecule has 0 bridgehead atoms. The van der Waals surface area contributed by atoms with E-state index in [4.69, 9.17) is 21.5 Å². The van der Waals surface area contributed by atoms with E-state index in [1.807, 2.05) is 0 Å². The zero-order chi connectivity index (χ0) is 23.5. The second-order valence-corrected chi connectivity index (χ2v) is 10.8. The first kappa shape index (κ1) is 24.1. The molecule has 0 unspecified atom stereocenters. The van der Waals surface area contributed by atoms with Crippen molar-refractivity contribution in [3.05, 3.63) is 53.1 Å². The van der Waals surface area contributed by atoms with Crippen molar-refractivity contribution in [1.29, 1.82) is 0 Å². The highest BCUT2D eigenvalue weighted by Crippen LogP contribution is 2.23. The predicted octanol–water partition coefficient (Wildman–Crippen LogP) is 1.57. The van der Waals surface area contributed by atoms with E-state index < -0.39 is 43.4 Å². The van der Waals surface area contributed by atoms with Gasteiger partial charge in [0.1, 0.15) is 4.90 Å². The molecule has 1 saturated heterocycles. The van der Waals surface area contributed by atoms with Crippen LogP contribution in [0.4, 0.5) is 5.69 Å². The SMILES string of the molecule is NS(=O)(=O)c1cc(C(=O)OCC(=O)Nc2ccc(S(=O)(=O)N3CCCC3)cc2)ccc1Cl. The van der Waals surface area contributed by atoms with Gasteiger partial charge in [0.05, 0.1) is 15.5 Å². The number of anilines is 1. The number of nitrogens with zero attached hydrogens (tertiary/aromatic N) is 1. The molecule has 1 aliphatic heterocycles. The van der Waals surface area contributed by atoms with Gasteiger partial charge in [0, 0.05) is 18.8 Å². The highest BCUT2D eigenvalue weighted by Gasteiger charge is 2.27. The Hall–Kier alpha value is -2.51. The number of nitrogens with two attached hydrogens (primary N) is 1. The van der Waals surface area contributed by atoms with Crippen LogP contribution < -0.4 is 10.5 Å². The lowest BCUT2D eigenvalue weighted by Crippen LogP contribution is -2.27. The van der Waals surface area contributed by atoms with Gasteiger partial charge in [-0.3, -0.25) is 4.79 Å². The van der Waals surface area contributed by atoms with Crippen molar-refractivity contribution in [3.63, 3.8) is 0 Å². The molecule has 10 nitrogen and oxygen atoms in total. The molecule has 0 saturated carbocycles. The highest BCUT2D eigenvalue weighted by atomic mass is 35.5. The minimum Gasteiger partial charge on any atom is -0.452 e. The van der Waals surface area contributed by atoms with Crippen molar-refractivity contribution < 1.29 is 31.2 Å². The molecule has 1 aliphatic rings. The second kappa shape index (κ2) is 9.55. The van der Waals surface area contributed by atoms with Gasteiger partial charge >= 0.3 is 5.97 Å². The van der Waals surface area contributed by atoms with Gasteiger partial charge in [0.15, 0.2) is 6.61 Å². The molecule has 13 heteroatoms. The number of hydrogen-bond donors (Lipinski definition) is 2. The first-order chi connectivity index (χ1) is 15.0. The zero-order valence-electron chi connectivity index (χ0n) is 16.7. The Balaban J connectivity index is 1.59. The zero-order valence-corrected chi connectivity index (χ0v) is 19.0. The van der Waals surface area contributed by atoms with Crippen molar-refractivity contribution in [2.24, 2.45) is 5.14 Å². The molecule has 2 aromatic rings. The third-order valence-corrected chi connectivity index (χ3v) is 7.95. The fourth-order valence-electron chi connectivity index (χ4n) is 3.05. The van der Waals surface area contributed by atoms with Gasteiger partial charge in [0.25, 0.3) is 5.91 Å². The van der Waals surface area contributed by atoms with Gasteiger partial charge in [0.2, 0.25) is 20.0 Å². The molecule has 0 radical (unpaired) electrons. The molecule has 3 N–H and O–H groups in total. The maximum atomic E-state index is 12.5. The first-order valence-electron chi connectivity index (χ1n) is 9.38. The summed E-state index contributed by atoms with van der Waals surface area (Å²) in [5.74, 6) is -1.62. The van der Waals surface area contributed by atoms with Gasteiger partial charge in [-0.05, 0) is 55.3 Å². The monoisotopic (exact) mass is 501 g/mol. The maximum absolute atomic E-state index is 12.5. The molecule has 1 fully saturated rings. The normalized spacial score (nSPS) is 14.8. The van der Waals surface area contributed by atoms with Crippen molar-refractivity contribution >= 4 is 49.2 Å². The Kier molecular flexibility index (Phi) is 7.20. The van der Waals surface area contributed by atoms with E-state index in [0.29, 0.717) is 18.8 Å². The van der Waals surface area contributed by atoms with Crippen LogP contribution in [0.2, 0.25) is 5.02 Å². The molecular weight excluding hydrogens is 482 g/mol. The van der Waals surface area contributed by atoms with Crippen LogP contribution in [-0.4, -0.2) is 52.7 Å². The number of carbonyl (C=O) groups is 2. The Morgan fingerprint density at radius 2 is 1.66 bits per heavy atom. The second-order valence-electron chi connectivity index (χ2n) is 6.95. The Labute approximate surface area is 190 Å². The minimum absolute atomic E-state index is 0.122. The van der Waals surface area contributed by atoms with E-state index in [1.165, 1.54) is 40.7 Å². The van der Waals surface area contributed by atoms with Crippen molar-refractivity contribution in [3.8, 4) is 0 Å². The largest absolute Gasteiger partial charge is 0.452 e. The molecule has 1 heterocycles. The number of sulfonamides is 2. The van der Waals surface area contributed by atoms with Crippen molar-refractivity contribution in [2.45, 2.75) is 22.6 Å². The minimum atomic E-state index is -4.15. The number of carbonyl (C=O) groups excluding carboxylic acids is 2. The summed E-state index contributed by atoms with van der Waals surface area (Å²) in [6.07, 6.45) is 1.65. The van der Waals surface area contributed by atoms with Crippen LogP contribution in [0, 0.1) is 0 Å². The van der Waals surface area contributed by atoms with E-state index in [-0.39, 0.29) is 15.5 Å². The number of hydrogen-bond acceptors (Lipinski definition) is 7. The third kappa shape index (κ3) is 5.64. The van der Waals surface area contributed by atoms with E-state index in [1.54, 1.807) is 0 Å². The Morgan fingerprint density at radius 3 is 2.25 bits per heavy atom. The Bertz CT molecular complexity index is 1240. The predicted molar refractivity (Wildman–Crippen MR) is 116 cm³/mol. The summed E-state index contributed by atoms with van der Waals surface area (Å²) in [5, 5.41) is 7.36. The van der Waals surface area contributed by atoms with Gasteiger partial charge < -0.3 is 10.1 Å². The van der Waals surface area contributed by atoms with Crippen molar-refractivity contribution in [1.82, 2.24) is 4.31 Å². The van der Waals surface area contributed by atoms with E-state index in [9.17, 15) is 26.4 Å². The van der Waals surface area contributed by atoms with Crippen LogP contribution >= 0.6 is 11.6 Å². The average molecular weight is 502 g/mol. The van der Waals surface area contributed by atoms with Crippen LogP contribution in [0.25, 0.3) is 0 Å². The number of amides is 1. The lowest BCUT2D eigenvalue weighted by atomic mass is 10.2. The number of benzene rings is 2. The average Bonchev–Trinajstić information content (AvgIpc) is 3.28. The molecule has 0 spiro atoms. The van der Waals surface area contributed by atoms with E-state index in [0.717, 1.165) is 18.9 Å². The topological polar surface area (TPSA) is 153 Å². The van der Waals surface area contributed by atoms with Gasteiger partial charge in [-0.1, -0.05) is 11.6 Å². The molecule has 32 heavy (non-hydrogen) atoms. The molecule has 0 aromatic heterocycles.